The largest absolute Gasteiger partial charge is 0.379 e. The minimum atomic E-state index is -3.65. The molecule has 1 N–H and O–H groups in total. The van der Waals surface area contributed by atoms with Crippen molar-refractivity contribution in [3.8, 4) is 0 Å². The van der Waals surface area contributed by atoms with Crippen molar-refractivity contribution in [1.82, 2.24) is 13.4 Å². The zero-order valence-corrected chi connectivity index (χ0v) is 19.4. The Morgan fingerprint density at radius 2 is 1.67 bits per heavy atom. The third kappa shape index (κ3) is 4.87. The fourth-order valence-electron chi connectivity index (χ4n) is 4.04. The molecule has 0 bridgehead atoms. The van der Waals surface area contributed by atoms with Gasteiger partial charge in [0.25, 0.3) is 0 Å². The van der Waals surface area contributed by atoms with Gasteiger partial charge in [0.1, 0.15) is 0 Å². The number of amides is 1. The Balaban J connectivity index is 1.47. The standard InChI is InChI=1S/C23H28N4O5S/c1-2-11-26-20-8-3-4-9-21(20)27(23(26)29)12-10-22(28)24-18-6-5-7-19(17-18)33(30,31)25-13-15-32-16-14-25/h3-9,17H,2,10-16H2,1H3,(H,24,28). The molecule has 0 spiro atoms. The Hall–Kier alpha value is -2.95. The van der Waals surface area contributed by atoms with Crippen LogP contribution in [0, 0.1) is 0 Å². The summed E-state index contributed by atoms with van der Waals surface area (Å²) in [6.45, 7) is 4.20. The number of carbonyl (C=O) groups is 1. The molecule has 1 saturated heterocycles. The third-order valence-electron chi connectivity index (χ3n) is 5.66. The Labute approximate surface area is 192 Å². The highest BCUT2D eigenvalue weighted by Crippen LogP contribution is 2.21. The van der Waals surface area contributed by atoms with Gasteiger partial charge in [0.15, 0.2) is 0 Å². The van der Waals surface area contributed by atoms with Crippen molar-refractivity contribution in [2.45, 2.75) is 37.8 Å². The molecule has 33 heavy (non-hydrogen) atoms. The van der Waals surface area contributed by atoms with Crippen LogP contribution in [-0.4, -0.2) is 54.1 Å². The van der Waals surface area contributed by atoms with Gasteiger partial charge in [-0.05, 0) is 36.8 Å². The van der Waals surface area contributed by atoms with Crippen molar-refractivity contribution in [2.75, 3.05) is 31.6 Å². The number of benzene rings is 2. The SMILES string of the molecule is CCCn1c(=O)n(CCC(=O)Nc2cccc(S(=O)(=O)N3CCOCC3)c2)c2ccccc21. The van der Waals surface area contributed by atoms with Crippen LogP contribution in [0.1, 0.15) is 19.8 Å². The number of morpholine rings is 1. The maximum Gasteiger partial charge on any atom is 0.329 e. The first-order valence-electron chi connectivity index (χ1n) is 11.1. The van der Waals surface area contributed by atoms with Crippen molar-refractivity contribution in [3.63, 3.8) is 0 Å². The molecular formula is C23H28N4O5S. The Bertz CT molecular complexity index is 1310. The first kappa shape index (κ1) is 23.2. The average Bonchev–Trinajstić information content (AvgIpc) is 3.09. The summed E-state index contributed by atoms with van der Waals surface area (Å²) in [6.07, 6.45) is 0.915. The summed E-state index contributed by atoms with van der Waals surface area (Å²) in [5, 5.41) is 2.76. The molecule has 0 aliphatic carbocycles. The number of sulfonamides is 1. The number of hydrogen-bond donors (Lipinski definition) is 1. The quantitative estimate of drug-likeness (QED) is 0.542. The Morgan fingerprint density at radius 1 is 1.00 bits per heavy atom. The maximum atomic E-state index is 12.9. The topological polar surface area (TPSA) is 103 Å². The Kier molecular flexibility index (Phi) is 6.96. The van der Waals surface area contributed by atoms with Crippen LogP contribution in [0.2, 0.25) is 0 Å². The summed E-state index contributed by atoms with van der Waals surface area (Å²) in [5.74, 6) is -0.296. The minimum absolute atomic E-state index is 0.0838. The van der Waals surface area contributed by atoms with E-state index >= 15 is 0 Å². The summed E-state index contributed by atoms with van der Waals surface area (Å²) < 4.78 is 35.7. The molecule has 0 saturated carbocycles. The van der Waals surface area contributed by atoms with Crippen LogP contribution in [0.15, 0.2) is 58.2 Å². The van der Waals surface area contributed by atoms with Gasteiger partial charge in [-0.1, -0.05) is 25.1 Å². The number of para-hydroxylation sites is 2. The second kappa shape index (κ2) is 9.90. The minimum Gasteiger partial charge on any atom is -0.379 e. The first-order chi connectivity index (χ1) is 15.9. The molecule has 0 atom stereocenters. The number of imidazole rings is 1. The van der Waals surface area contributed by atoms with Crippen LogP contribution < -0.4 is 11.0 Å². The van der Waals surface area contributed by atoms with Crippen LogP contribution in [-0.2, 0) is 32.6 Å². The number of ether oxygens (including phenoxy) is 1. The molecule has 176 valence electrons. The van der Waals surface area contributed by atoms with E-state index in [0.29, 0.717) is 38.5 Å². The second-order valence-electron chi connectivity index (χ2n) is 7.92. The molecule has 3 aromatic rings. The van der Waals surface area contributed by atoms with Crippen LogP contribution in [0.5, 0.6) is 0 Å². The summed E-state index contributed by atoms with van der Waals surface area (Å²) in [4.78, 5) is 25.6. The number of nitrogens with zero attached hydrogens (tertiary/aromatic N) is 3. The van der Waals surface area contributed by atoms with E-state index in [1.165, 1.54) is 16.4 Å². The van der Waals surface area contributed by atoms with E-state index in [2.05, 4.69) is 5.32 Å². The summed E-state index contributed by atoms with van der Waals surface area (Å²) in [6, 6.07) is 13.8. The van der Waals surface area contributed by atoms with E-state index in [0.717, 1.165) is 17.5 Å². The third-order valence-corrected chi connectivity index (χ3v) is 7.56. The molecule has 1 fully saturated rings. The van der Waals surface area contributed by atoms with Crippen LogP contribution >= 0.6 is 0 Å². The molecule has 1 aliphatic rings. The molecule has 9 nitrogen and oxygen atoms in total. The predicted octanol–water partition coefficient (Wildman–Crippen LogP) is 2.26. The molecule has 1 aliphatic heterocycles. The lowest BCUT2D eigenvalue weighted by Crippen LogP contribution is -2.40. The molecule has 0 radical (unpaired) electrons. The molecule has 2 heterocycles. The van der Waals surface area contributed by atoms with Crippen LogP contribution in [0.25, 0.3) is 11.0 Å². The fraction of sp³-hybridized carbons (Fsp3) is 0.391. The van der Waals surface area contributed by atoms with Crippen LogP contribution in [0.4, 0.5) is 5.69 Å². The van der Waals surface area contributed by atoms with Gasteiger partial charge in [-0.15, -0.1) is 0 Å². The van der Waals surface area contributed by atoms with Gasteiger partial charge in [-0.2, -0.15) is 4.31 Å². The first-order valence-corrected chi connectivity index (χ1v) is 12.5. The number of aryl methyl sites for hydroxylation is 2. The lowest BCUT2D eigenvalue weighted by Gasteiger charge is -2.26. The van der Waals surface area contributed by atoms with Crippen LogP contribution in [0.3, 0.4) is 0 Å². The van der Waals surface area contributed by atoms with E-state index in [1.54, 1.807) is 21.3 Å². The summed E-state index contributed by atoms with van der Waals surface area (Å²) in [7, 11) is -3.65. The molecule has 1 aromatic heterocycles. The number of rotatable bonds is 8. The number of fused-ring (bicyclic) bond motifs is 1. The molecule has 2 aromatic carbocycles. The van der Waals surface area contributed by atoms with E-state index in [4.69, 9.17) is 4.74 Å². The van der Waals surface area contributed by atoms with Gasteiger partial charge >= 0.3 is 5.69 Å². The zero-order chi connectivity index (χ0) is 23.4. The Morgan fingerprint density at radius 3 is 2.33 bits per heavy atom. The van der Waals surface area contributed by atoms with Gasteiger partial charge < -0.3 is 10.1 Å². The number of aromatic nitrogens is 2. The monoisotopic (exact) mass is 472 g/mol. The van der Waals surface area contributed by atoms with E-state index in [-0.39, 0.29) is 29.5 Å². The van der Waals surface area contributed by atoms with Gasteiger partial charge in [0, 0.05) is 38.3 Å². The smallest absolute Gasteiger partial charge is 0.329 e. The number of hydrogen-bond acceptors (Lipinski definition) is 5. The van der Waals surface area contributed by atoms with E-state index in [9.17, 15) is 18.0 Å². The zero-order valence-electron chi connectivity index (χ0n) is 18.6. The highest BCUT2D eigenvalue weighted by molar-refractivity contribution is 7.89. The molecule has 1 amide bonds. The van der Waals surface area contributed by atoms with Gasteiger partial charge in [0.05, 0.1) is 29.1 Å². The maximum absolute atomic E-state index is 12.9. The van der Waals surface area contributed by atoms with Crippen molar-refractivity contribution in [1.29, 1.82) is 0 Å². The van der Waals surface area contributed by atoms with Gasteiger partial charge in [-0.3, -0.25) is 13.9 Å². The summed E-state index contributed by atoms with van der Waals surface area (Å²) >= 11 is 0. The van der Waals surface area contributed by atoms with Gasteiger partial charge in [0.2, 0.25) is 15.9 Å². The van der Waals surface area contributed by atoms with Crippen molar-refractivity contribution >= 4 is 32.7 Å². The molecule has 4 rings (SSSR count). The number of carbonyl (C=O) groups excluding carboxylic acids is 1. The van der Waals surface area contributed by atoms with E-state index in [1.807, 2.05) is 31.2 Å². The molecule has 0 unspecified atom stereocenters. The highest BCUT2D eigenvalue weighted by atomic mass is 32.2. The second-order valence-corrected chi connectivity index (χ2v) is 9.85. The number of anilines is 1. The lowest BCUT2D eigenvalue weighted by atomic mass is 10.3. The number of nitrogens with one attached hydrogen (secondary N) is 1. The van der Waals surface area contributed by atoms with Gasteiger partial charge in [-0.25, -0.2) is 13.2 Å². The van der Waals surface area contributed by atoms with Crippen molar-refractivity contribution < 1.29 is 17.9 Å². The molecule has 10 heteroatoms. The van der Waals surface area contributed by atoms with Crippen molar-refractivity contribution in [3.05, 3.63) is 59.0 Å². The highest BCUT2D eigenvalue weighted by Gasteiger charge is 2.26. The average molecular weight is 473 g/mol. The fourth-order valence-corrected chi connectivity index (χ4v) is 5.49. The normalized spacial score (nSPS) is 15.1. The van der Waals surface area contributed by atoms with E-state index < -0.39 is 10.0 Å². The van der Waals surface area contributed by atoms with Crippen molar-refractivity contribution in [2.24, 2.45) is 0 Å². The summed E-state index contributed by atoms with van der Waals surface area (Å²) in [5.41, 5.74) is 1.91. The lowest BCUT2D eigenvalue weighted by molar-refractivity contribution is -0.116. The predicted molar refractivity (Wildman–Crippen MR) is 126 cm³/mol. The molecular weight excluding hydrogens is 444 g/mol.